The fourth-order valence-corrected chi connectivity index (χ4v) is 2.76. The van der Waals surface area contributed by atoms with Crippen LogP contribution in [0.4, 0.5) is 21.0 Å². The largest absolute Gasteiger partial charge is 0.514 e. The first-order valence-corrected chi connectivity index (χ1v) is 13.2. The summed E-state index contributed by atoms with van der Waals surface area (Å²) < 4.78 is 9.95. The monoisotopic (exact) mass is 575 g/mol. The van der Waals surface area contributed by atoms with Crippen molar-refractivity contribution in [2.24, 2.45) is 23.3 Å². The molecule has 6 N–H and O–H groups in total. The third kappa shape index (κ3) is 16.8. The standard InChI is InChI=1S/C20H22N4O7.C6H13NO.C2H6/c21-19(26)22-12-2-1-3-18(25)23-15-6-4-14(5-7-15)13-30-20(27)31-17-10-8-16(9-11-17)24(28)29;1-4(2)5(3)6(7)8;1-2/h4-11H,1-3,12-13H2,(H,23,25)(H3,21,22,26);4-5H,1-3H3,(H2,7,8);1-2H3. The molecule has 0 aliphatic rings. The van der Waals surface area contributed by atoms with Crippen LogP contribution in [0.25, 0.3) is 0 Å². The highest BCUT2D eigenvalue weighted by Gasteiger charge is 2.12. The maximum atomic E-state index is 11.9. The number of amides is 4. The van der Waals surface area contributed by atoms with Crippen molar-refractivity contribution in [3.63, 3.8) is 0 Å². The molecule has 2 aromatic carbocycles. The van der Waals surface area contributed by atoms with E-state index in [0.717, 1.165) is 0 Å². The number of anilines is 1. The zero-order chi connectivity index (χ0) is 31.4. The van der Waals surface area contributed by atoms with Crippen molar-refractivity contribution < 1.29 is 33.6 Å². The smallest absolute Gasteiger partial charge is 0.429 e. The second kappa shape index (κ2) is 20.3. The first-order chi connectivity index (χ1) is 19.4. The van der Waals surface area contributed by atoms with Crippen molar-refractivity contribution >= 4 is 35.4 Å². The minimum absolute atomic E-state index is 0.00926. The van der Waals surface area contributed by atoms with Gasteiger partial charge in [-0.2, -0.15) is 0 Å². The van der Waals surface area contributed by atoms with Gasteiger partial charge in [0.1, 0.15) is 12.4 Å². The Balaban J connectivity index is 0.00000138. The van der Waals surface area contributed by atoms with E-state index in [-0.39, 0.29) is 35.8 Å². The number of carbonyl (C=O) groups is 4. The fourth-order valence-electron chi connectivity index (χ4n) is 2.76. The maximum absolute atomic E-state index is 11.9. The van der Waals surface area contributed by atoms with Gasteiger partial charge in [0.05, 0.1) is 4.92 Å². The first-order valence-electron chi connectivity index (χ1n) is 13.2. The molecule has 41 heavy (non-hydrogen) atoms. The van der Waals surface area contributed by atoms with E-state index in [1.165, 1.54) is 24.3 Å². The van der Waals surface area contributed by atoms with Crippen LogP contribution in [0.5, 0.6) is 5.75 Å². The number of nitrogens with one attached hydrogen (secondary N) is 2. The number of ether oxygens (including phenoxy) is 2. The van der Waals surface area contributed by atoms with E-state index in [4.69, 9.17) is 20.9 Å². The van der Waals surface area contributed by atoms with Gasteiger partial charge in [0.2, 0.25) is 11.8 Å². The normalized spacial score (nSPS) is 10.5. The summed E-state index contributed by atoms with van der Waals surface area (Å²) in [6.45, 7) is 10.2. The van der Waals surface area contributed by atoms with Crippen molar-refractivity contribution in [3.05, 3.63) is 64.2 Å². The van der Waals surface area contributed by atoms with Gasteiger partial charge < -0.3 is 31.6 Å². The second-order valence-corrected chi connectivity index (χ2v) is 8.82. The van der Waals surface area contributed by atoms with Crippen LogP contribution in [-0.4, -0.2) is 35.5 Å². The molecule has 4 amide bonds. The molecule has 13 heteroatoms. The third-order valence-electron chi connectivity index (χ3n) is 5.42. The minimum atomic E-state index is -0.947. The average Bonchev–Trinajstić information content (AvgIpc) is 2.93. The summed E-state index contributed by atoms with van der Waals surface area (Å²) in [5.74, 6) is 0.135. The molecule has 0 saturated carbocycles. The van der Waals surface area contributed by atoms with E-state index in [0.29, 0.717) is 43.0 Å². The van der Waals surface area contributed by atoms with Crippen molar-refractivity contribution in [3.8, 4) is 5.75 Å². The summed E-state index contributed by atoms with van der Waals surface area (Å²) >= 11 is 0. The summed E-state index contributed by atoms with van der Waals surface area (Å²) in [5, 5.41) is 15.8. The van der Waals surface area contributed by atoms with Crippen molar-refractivity contribution in [2.45, 2.75) is 60.5 Å². The molecule has 0 saturated heterocycles. The number of non-ortho nitro benzene ring substituents is 1. The number of nitro benzene ring substituents is 1. The highest BCUT2D eigenvalue weighted by molar-refractivity contribution is 5.90. The van der Waals surface area contributed by atoms with Crippen LogP contribution in [0.2, 0.25) is 0 Å². The number of hydrogen-bond donors (Lipinski definition) is 4. The number of rotatable bonds is 12. The number of benzene rings is 2. The highest BCUT2D eigenvalue weighted by Crippen LogP contribution is 2.18. The van der Waals surface area contributed by atoms with Gasteiger partial charge in [-0.05, 0) is 48.6 Å². The Morgan fingerprint density at radius 3 is 1.98 bits per heavy atom. The molecular formula is C28H41N5O8. The van der Waals surface area contributed by atoms with E-state index in [1.807, 2.05) is 34.6 Å². The molecular weight excluding hydrogens is 534 g/mol. The SMILES string of the molecule is CC.CC(C)C(C)C(N)=O.NC(=O)NCCCCC(=O)Nc1ccc(COC(=O)Oc2ccc([N+](=O)[O-])cc2)cc1. The van der Waals surface area contributed by atoms with Crippen LogP contribution in [0.1, 0.15) is 59.4 Å². The van der Waals surface area contributed by atoms with Gasteiger partial charge in [-0.1, -0.05) is 46.8 Å². The Kier molecular flexibility index (Phi) is 17.9. The molecule has 2 aromatic rings. The predicted molar refractivity (Wildman–Crippen MR) is 155 cm³/mol. The van der Waals surface area contributed by atoms with Crippen molar-refractivity contribution in [1.82, 2.24) is 5.32 Å². The maximum Gasteiger partial charge on any atom is 0.514 e. The van der Waals surface area contributed by atoms with E-state index in [1.54, 1.807) is 24.3 Å². The lowest BCUT2D eigenvalue weighted by atomic mass is 9.98. The zero-order valence-electron chi connectivity index (χ0n) is 24.2. The lowest BCUT2D eigenvalue weighted by Crippen LogP contribution is -2.30. The number of nitrogens with two attached hydrogens (primary N) is 2. The van der Waals surface area contributed by atoms with Gasteiger partial charge in [-0.15, -0.1) is 0 Å². The van der Waals surface area contributed by atoms with Crippen LogP contribution in [0.3, 0.4) is 0 Å². The van der Waals surface area contributed by atoms with Gasteiger partial charge in [0, 0.05) is 36.7 Å². The Morgan fingerprint density at radius 1 is 0.927 bits per heavy atom. The lowest BCUT2D eigenvalue weighted by Gasteiger charge is -2.09. The number of carbonyl (C=O) groups excluding carboxylic acids is 4. The van der Waals surface area contributed by atoms with E-state index in [9.17, 15) is 29.3 Å². The quantitative estimate of drug-likeness (QED) is 0.0899. The topological polar surface area (TPSA) is 206 Å². The van der Waals surface area contributed by atoms with Crippen LogP contribution >= 0.6 is 0 Å². The number of unbranched alkanes of at least 4 members (excludes halogenated alkanes) is 1. The molecule has 0 aliphatic heterocycles. The van der Waals surface area contributed by atoms with Gasteiger partial charge in [0.25, 0.3) is 5.69 Å². The van der Waals surface area contributed by atoms with Gasteiger partial charge in [0.15, 0.2) is 0 Å². The van der Waals surface area contributed by atoms with Gasteiger partial charge in [-0.25, -0.2) is 9.59 Å². The third-order valence-corrected chi connectivity index (χ3v) is 5.42. The van der Waals surface area contributed by atoms with Crippen molar-refractivity contribution in [1.29, 1.82) is 0 Å². The number of urea groups is 1. The summed E-state index contributed by atoms with van der Waals surface area (Å²) in [7, 11) is 0. The molecule has 226 valence electrons. The molecule has 0 aromatic heterocycles. The van der Waals surface area contributed by atoms with Crippen LogP contribution in [0.15, 0.2) is 48.5 Å². The molecule has 0 bridgehead atoms. The Hall–Kier alpha value is -4.68. The molecule has 0 spiro atoms. The van der Waals surface area contributed by atoms with E-state index < -0.39 is 17.1 Å². The van der Waals surface area contributed by atoms with Crippen molar-refractivity contribution in [2.75, 3.05) is 11.9 Å². The minimum Gasteiger partial charge on any atom is -0.429 e. The van der Waals surface area contributed by atoms with Crippen LogP contribution in [0, 0.1) is 22.0 Å². The number of primary amides is 2. The molecule has 13 nitrogen and oxygen atoms in total. The van der Waals surface area contributed by atoms with E-state index in [2.05, 4.69) is 10.6 Å². The Labute approximate surface area is 240 Å². The summed E-state index contributed by atoms with van der Waals surface area (Å²) in [6, 6.07) is 11.2. The molecule has 0 radical (unpaired) electrons. The summed E-state index contributed by atoms with van der Waals surface area (Å²) in [6.07, 6.45) is 0.606. The first kappa shape index (κ1) is 36.3. The second-order valence-electron chi connectivity index (χ2n) is 8.82. The van der Waals surface area contributed by atoms with E-state index >= 15 is 0 Å². The number of nitro groups is 1. The molecule has 1 atom stereocenters. The van der Waals surface area contributed by atoms with Crippen LogP contribution in [-0.2, 0) is 20.9 Å². The fraction of sp³-hybridized carbons (Fsp3) is 0.429. The summed E-state index contributed by atoms with van der Waals surface area (Å²) in [5.41, 5.74) is 11.1. The molecule has 0 heterocycles. The Morgan fingerprint density at radius 2 is 1.51 bits per heavy atom. The predicted octanol–water partition coefficient (Wildman–Crippen LogP) is 4.88. The molecule has 0 aliphatic carbocycles. The molecule has 2 rings (SSSR count). The molecule has 0 fully saturated rings. The number of nitrogens with zero attached hydrogens (tertiary/aromatic N) is 1. The lowest BCUT2D eigenvalue weighted by molar-refractivity contribution is -0.384. The van der Waals surface area contributed by atoms with Gasteiger partial charge in [-0.3, -0.25) is 19.7 Å². The summed E-state index contributed by atoms with van der Waals surface area (Å²) in [4.78, 5) is 54.6. The molecule has 1 unspecified atom stereocenters. The number of hydrogen-bond acceptors (Lipinski definition) is 8. The average molecular weight is 576 g/mol. The Bertz CT molecular complexity index is 1110. The van der Waals surface area contributed by atoms with Gasteiger partial charge >= 0.3 is 12.2 Å². The zero-order valence-corrected chi connectivity index (χ0v) is 24.2. The van der Waals surface area contributed by atoms with Crippen LogP contribution < -0.4 is 26.8 Å². The highest BCUT2D eigenvalue weighted by atomic mass is 16.7.